The van der Waals surface area contributed by atoms with Crippen molar-refractivity contribution in [3.63, 3.8) is 0 Å². The highest BCUT2D eigenvalue weighted by atomic mass is 14.1. The van der Waals surface area contributed by atoms with Gasteiger partial charge in [0.05, 0.1) is 0 Å². The highest BCUT2D eigenvalue weighted by Gasteiger charge is 2.02. The SMILES string of the molecule is C=C(C)c1ccc(-c2ccc(-c3ccc(C(=C)C)cc3)cc2)cc1. The Morgan fingerprint density at radius 2 is 0.667 bits per heavy atom. The van der Waals surface area contributed by atoms with Gasteiger partial charge in [-0.2, -0.15) is 0 Å². The van der Waals surface area contributed by atoms with Crippen LogP contribution in [0.1, 0.15) is 25.0 Å². The summed E-state index contributed by atoms with van der Waals surface area (Å²) in [4.78, 5) is 0. The van der Waals surface area contributed by atoms with E-state index in [1.54, 1.807) is 0 Å². The number of hydrogen-bond acceptors (Lipinski definition) is 0. The third-order valence-electron chi connectivity index (χ3n) is 4.31. The molecule has 0 fully saturated rings. The molecule has 0 heteroatoms. The lowest BCUT2D eigenvalue weighted by Gasteiger charge is -2.07. The highest BCUT2D eigenvalue weighted by Crippen LogP contribution is 2.26. The molecule has 0 saturated heterocycles. The maximum absolute atomic E-state index is 3.98. The van der Waals surface area contributed by atoms with E-state index in [0.717, 1.165) is 11.1 Å². The van der Waals surface area contributed by atoms with Gasteiger partial charge < -0.3 is 0 Å². The Bertz CT molecular complexity index is 784. The topological polar surface area (TPSA) is 0 Å². The molecule has 0 atom stereocenters. The minimum absolute atomic E-state index is 1.09. The number of allylic oxidation sites excluding steroid dienone is 2. The van der Waals surface area contributed by atoms with Gasteiger partial charge in [-0.3, -0.25) is 0 Å². The second kappa shape index (κ2) is 6.72. The van der Waals surface area contributed by atoms with Crippen LogP contribution in [0, 0.1) is 0 Å². The maximum atomic E-state index is 3.98. The first kappa shape index (κ1) is 16.0. The van der Waals surface area contributed by atoms with Crippen molar-refractivity contribution in [2.45, 2.75) is 13.8 Å². The van der Waals surface area contributed by atoms with E-state index >= 15 is 0 Å². The van der Waals surface area contributed by atoms with Crippen LogP contribution in [0.3, 0.4) is 0 Å². The van der Waals surface area contributed by atoms with Crippen LogP contribution in [0.25, 0.3) is 33.4 Å². The first-order valence-electron chi connectivity index (χ1n) is 8.17. The Balaban J connectivity index is 1.84. The van der Waals surface area contributed by atoms with Gasteiger partial charge in [-0.25, -0.2) is 0 Å². The zero-order valence-electron chi connectivity index (χ0n) is 14.3. The summed E-state index contributed by atoms with van der Waals surface area (Å²) in [5.74, 6) is 0. The van der Waals surface area contributed by atoms with E-state index in [0.29, 0.717) is 0 Å². The van der Waals surface area contributed by atoms with Gasteiger partial charge in [-0.05, 0) is 47.2 Å². The lowest BCUT2D eigenvalue weighted by Crippen LogP contribution is -1.83. The van der Waals surface area contributed by atoms with Gasteiger partial charge in [0.2, 0.25) is 0 Å². The van der Waals surface area contributed by atoms with Crippen molar-refractivity contribution in [2.24, 2.45) is 0 Å². The fourth-order valence-electron chi connectivity index (χ4n) is 2.75. The van der Waals surface area contributed by atoms with Crippen molar-refractivity contribution >= 4 is 11.1 Å². The summed E-state index contributed by atoms with van der Waals surface area (Å²) in [6, 6.07) is 25.8. The molecule has 0 aliphatic rings. The molecule has 0 unspecified atom stereocenters. The van der Waals surface area contributed by atoms with Gasteiger partial charge in [-0.1, -0.05) is 97.1 Å². The van der Waals surface area contributed by atoms with Crippen molar-refractivity contribution in [3.8, 4) is 22.3 Å². The molecule has 3 rings (SSSR count). The third-order valence-corrected chi connectivity index (χ3v) is 4.31. The van der Waals surface area contributed by atoms with Crippen LogP contribution < -0.4 is 0 Å². The average molecular weight is 310 g/mol. The van der Waals surface area contributed by atoms with Crippen molar-refractivity contribution < 1.29 is 0 Å². The van der Waals surface area contributed by atoms with Crippen molar-refractivity contribution in [1.82, 2.24) is 0 Å². The van der Waals surface area contributed by atoms with Crippen molar-refractivity contribution in [3.05, 3.63) is 97.1 Å². The normalized spacial score (nSPS) is 10.4. The molecule has 0 aromatic heterocycles. The van der Waals surface area contributed by atoms with Gasteiger partial charge in [0, 0.05) is 0 Å². The number of benzene rings is 3. The largest absolute Gasteiger partial charge is 0.0955 e. The minimum atomic E-state index is 1.09. The van der Waals surface area contributed by atoms with Crippen LogP contribution in [0.15, 0.2) is 86.0 Å². The zero-order chi connectivity index (χ0) is 17.1. The van der Waals surface area contributed by atoms with E-state index in [1.165, 1.54) is 33.4 Å². The first-order valence-corrected chi connectivity index (χ1v) is 8.17. The van der Waals surface area contributed by atoms with E-state index in [4.69, 9.17) is 0 Å². The molecule has 3 aromatic carbocycles. The third kappa shape index (κ3) is 3.38. The Kier molecular flexibility index (Phi) is 4.48. The van der Waals surface area contributed by atoms with Gasteiger partial charge in [0.15, 0.2) is 0 Å². The summed E-state index contributed by atoms with van der Waals surface area (Å²) >= 11 is 0. The molecular weight excluding hydrogens is 288 g/mol. The summed E-state index contributed by atoms with van der Waals surface area (Å²) in [6.07, 6.45) is 0. The van der Waals surface area contributed by atoms with Crippen LogP contribution in [-0.2, 0) is 0 Å². The molecule has 0 heterocycles. The average Bonchev–Trinajstić information content (AvgIpc) is 2.62. The molecule has 0 spiro atoms. The van der Waals surface area contributed by atoms with Crippen LogP contribution in [0.4, 0.5) is 0 Å². The Hall–Kier alpha value is -2.86. The van der Waals surface area contributed by atoms with Gasteiger partial charge in [0.1, 0.15) is 0 Å². The van der Waals surface area contributed by atoms with E-state index in [9.17, 15) is 0 Å². The fourth-order valence-corrected chi connectivity index (χ4v) is 2.75. The van der Waals surface area contributed by atoms with Crippen molar-refractivity contribution in [2.75, 3.05) is 0 Å². The van der Waals surface area contributed by atoms with Gasteiger partial charge in [0.25, 0.3) is 0 Å². The molecule has 0 bridgehead atoms. The molecule has 0 nitrogen and oxygen atoms in total. The highest BCUT2D eigenvalue weighted by molar-refractivity contribution is 5.73. The summed E-state index contributed by atoms with van der Waals surface area (Å²) in [5, 5.41) is 0. The molecule has 118 valence electrons. The first-order chi connectivity index (χ1) is 11.5. The molecule has 0 radical (unpaired) electrons. The second-order valence-electron chi connectivity index (χ2n) is 6.29. The molecule has 24 heavy (non-hydrogen) atoms. The molecule has 3 aromatic rings. The molecule has 0 aliphatic carbocycles. The van der Waals surface area contributed by atoms with E-state index in [2.05, 4.69) is 86.0 Å². The van der Waals surface area contributed by atoms with E-state index < -0.39 is 0 Å². The minimum Gasteiger partial charge on any atom is -0.0955 e. The lowest BCUT2D eigenvalue weighted by atomic mass is 9.98. The predicted molar refractivity (Wildman–Crippen MR) is 107 cm³/mol. The maximum Gasteiger partial charge on any atom is -0.0184 e. The monoisotopic (exact) mass is 310 g/mol. The van der Waals surface area contributed by atoms with E-state index in [-0.39, 0.29) is 0 Å². The number of hydrogen-bond donors (Lipinski definition) is 0. The molecule has 0 aliphatic heterocycles. The summed E-state index contributed by atoms with van der Waals surface area (Å²) in [7, 11) is 0. The smallest absolute Gasteiger partial charge is 0.0184 e. The van der Waals surface area contributed by atoms with Crippen LogP contribution in [0.5, 0.6) is 0 Å². The van der Waals surface area contributed by atoms with Gasteiger partial charge >= 0.3 is 0 Å². The fraction of sp³-hybridized carbons (Fsp3) is 0.0833. The Morgan fingerprint density at radius 3 is 0.875 bits per heavy atom. The molecule has 0 amide bonds. The Morgan fingerprint density at radius 1 is 0.458 bits per heavy atom. The molecular formula is C24H22. The lowest BCUT2D eigenvalue weighted by molar-refractivity contribution is 1.54. The standard InChI is InChI=1S/C24H22/c1-17(2)19-5-9-21(10-6-19)23-13-15-24(16-14-23)22-11-7-20(8-12-22)18(3)4/h5-16H,1,3H2,2,4H3. The van der Waals surface area contributed by atoms with E-state index in [1.807, 2.05) is 13.8 Å². The van der Waals surface area contributed by atoms with Crippen LogP contribution in [0.2, 0.25) is 0 Å². The van der Waals surface area contributed by atoms with Crippen LogP contribution >= 0.6 is 0 Å². The summed E-state index contributed by atoms with van der Waals surface area (Å²) in [5.41, 5.74) is 9.47. The zero-order valence-corrected chi connectivity index (χ0v) is 14.3. The molecule has 0 saturated carbocycles. The Labute approximate surface area is 144 Å². The summed E-state index contributed by atoms with van der Waals surface area (Å²) < 4.78 is 0. The molecule has 0 N–H and O–H groups in total. The predicted octanol–water partition coefficient (Wildman–Crippen LogP) is 7.09. The second-order valence-corrected chi connectivity index (χ2v) is 6.29. The van der Waals surface area contributed by atoms with Crippen LogP contribution in [-0.4, -0.2) is 0 Å². The van der Waals surface area contributed by atoms with Gasteiger partial charge in [-0.15, -0.1) is 0 Å². The quantitative estimate of drug-likeness (QED) is 0.482. The number of rotatable bonds is 4. The van der Waals surface area contributed by atoms with Crippen molar-refractivity contribution in [1.29, 1.82) is 0 Å². The summed E-state index contributed by atoms with van der Waals surface area (Å²) in [6.45, 7) is 12.0.